The summed E-state index contributed by atoms with van der Waals surface area (Å²) in [5.74, 6) is -1.14. The number of thioether (sulfide) groups is 1. The summed E-state index contributed by atoms with van der Waals surface area (Å²) in [6.45, 7) is -0.452. The van der Waals surface area contributed by atoms with Crippen molar-refractivity contribution < 1.29 is 24.2 Å². The Morgan fingerprint density at radius 2 is 2.07 bits per heavy atom. The van der Waals surface area contributed by atoms with Gasteiger partial charge in [0.15, 0.2) is 6.61 Å². The number of carboxylic acids is 1. The summed E-state index contributed by atoms with van der Waals surface area (Å²) in [5, 5.41) is 17.6. The Labute approximate surface area is 198 Å². The average molecular weight is 599 g/mol. The van der Waals surface area contributed by atoms with Gasteiger partial charge in [-0.1, -0.05) is 18.2 Å². The summed E-state index contributed by atoms with van der Waals surface area (Å²) < 4.78 is 6.44. The van der Waals surface area contributed by atoms with E-state index in [1.165, 1.54) is 0 Å². The molecule has 0 spiro atoms. The zero-order valence-electron chi connectivity index (χ0n) is 15.1. The largest absolute Gasteiger partial charge is 0.480 e. The molecule has 0 atom stereocenters. The van der Waals surface area contributed by atoms with Crippen LogP contribution < -0.4 is 4.74 Å². The van der Waals surface area contributed by atoms with Gasteiger partial charge in [-0.05, 0) is 85.7 Å². The van der Waals surface area contributed by atoms with Gasteiger partial charge in [-0.25, -0.2) is 4.79 Å². The predicted octanol–water partition coefficient (Wildman–Crippen LogP) is 4.63. The molecule has 1 N–H and O–H groups in total. The van der Waals surface area contributed by atoms with Crippen LogP contribution >= 0.6 is 50.3 Å². The lowest BCUT2D eigenvalue weighted by atomic mass is 10.1. The molecule has 7 nitrogen and oxygen atoms in total. The molecule has 30 heavy (non-hydrogen) atoms. The fourth-order valence-corrected chi connectivity index (χ4v) is 5.27. The SMILES string of the molecule is N#Cc1ccccc1CN1C(=O)S/C(=C/c2cc(Br)c(OCC(=O)O)c(I)c2)C1=O. The summed E-state index contributed by atoms with van der Waals surface area (Å²) in [6, 6.07) is 12.3. The monoisotopic (exact) mass is 598 g/mol. The Kier molecular flexibility index (Phi) is 7.17. The van der Waals surface area contributed by atoms with Crippen LogP contribution in [-0.4, -0.2) is 33.7 Å². The van der Waals surface area contributed by atoms with Crippen molar-refractivity contribution in [1.82, 2.24) is 4.90 Å². The van der Waals surface area contributed by atoms with Crippen LogP contribution in [-0.2, 0) is 16.1 Å². The fourth-order valence-electron chi connectivity index (χ4n) is 2.66. The van der Waals surface area contributed by atoms with Crippen molar-refractivity contribution in [1.29, 1.82) is 5.26 Å². The Morgan fingerprint density at radius 1 is 1.33 bits per heavy atom. The number of ether oxygens (including phenoxy) is 1. The van der Waals surface area contributed by atoms with Gasteiger partial charge < -0.3 is 9.84 Å². The first-order valence-corrected chi connectivity index (χ1v) is 11.1. The first-order valence-electron chi connectivity index (χ1n) is 8.37. The molecule has 1 fully saturated rings. The van der Waals surface area contributed by atoms with Gasteiger partial charge in [0.25, 0.3) is 11.1 Å². The maximum Gasteiger partial charge on any atom is 0.341 e. The average Bonchev–Trinajstić information content (AvgIpc) is 2.95. The summed E-state index contributed by atoms with van der Waals surface area (Å²) in [4.78, 5) is 37.2. The van der Waals surface area contributed by atoms with E-state index in [1.807, 2.05) is 22.6 Å². The van der Waals surface area contributed by atoms with E-state index in [2.05, 4.69) is 22.0 Å². The summed E-state index contributed by atoms with van der Waals surface area (Å²) in [5.41, 5.74) is 1.66. The van der Waals surface area contributed by atoms with Gasteiger partial charge in [-0.2, -0.15) is 5.26 Å². The molecule has 0 bridgehead atoms. The summed E-state index contributed by atoms with van der Waals surface area (Å²) >= 11 is 6.18. The molecule has 2 aromatic carbocycles. The lowest BCUT2D eigenvalue weighted by molar-refractivity contribution is -0.139. The molecular formula is C20H12BrIN2O5S. The molecule has 1 heterocycles. The van der Waals surface area contributed by atoms with Crippen LogP contribution in [0, 0.1) is 14.9 Å². The molecule has 0 saturated carbocycles. The second kappa shape index (κ2) is 9.63. The van der Waals surface area contributed by atoms with E-state index in [0.29, 0.717) is 30.5 Å². The number of imide groups is 1. The van der Waals surface area contributed by atoms with Crippen molar-refractivity contribution in [2.75, 3.05) is 6.61 Å². The van der Waals surface area contributed by atoms with E-state index >= 15 is 0 Å². The smallest absolute Gasteiger partial charge is 0.341 e. The Bertz CT molecular complexity index is 1110. The van der Waals surface area contributed by atoms with Crippen LogP contribution in [0.1, 0.15) is 16.7 Å². The molecule has 0 aromatic heterocycles. The van der Waals surface area contributed by atoms with Crippen molar-refractivity contribution >= 4 is 73.5 Å². The number of hydrogen-bond donors (Lipinski definition) is 1. The van der Waals surface area contributed by atoms with Crippen molar-refractivity contribution in [3.8, 4) is 11.8 Å². The Balaban J connectivity index is 1.83. The highest BCUT2D eigenvalue weighted by Crippen LogP contribution is 2.36. The van der Waals surface area contributed by atoms with E-state index in [9.17, 15) is 19.6 Å². The minimum atomic E-state index is -1.09. The van der Waals surface area contributed by atoms with Crippen LogP contribution in [0.15, 0.2) is 45.8 Å². The second-order valence-electron chi connectivity index (χ2n) is 6.03. The first kappa shape index (κ1) is 22.3. The van der Waals surface area contributed by atoms with Crippen LogP contribution in [0.2, 0.25) is 0 Å². The van der Waals surface area contributed by atoms with Crippen molar-refractivity contribution in [3.63, 3.8) is 0 Å². The number of nitriles is 1. The lowest BCUT2D eigenvalue weighted by Gasteiger charge is -2.13. The summed E-state index contributed by atoms with van der Waals surface area (Å²) in [7, 11) is 0. The van der Waals surface area contributed by atoms with E-state index in [4.69, 9.17) is 9.84 Å². The summed E-state index contributed by atoms with van der Waals surface area (Å²) in [6.07, 6.45) is 1.59. The molecule has 0 aliphatic carbocycles. The second-order valence-corrected chi connectivity index (χ2v) is 9.04. The third kappa shape index (κ3) is 5.03. The number of rotatable bonds is 6. The van der Waals surface area contributed by atoms with Crippen LogP contribution in [0.3, 0.4) is 0 Å². The van der Waals surface area contributed by atoms with E-state index in [0.717, 1.165) is 16.7 Å². The fraction of sp³-hybridized carbons (Fsp3) is 0.100. The maximum absolute atomic E-state index is 12.8. The Hall–Kier alpha value is -2.36. The van der Waals surface area contributed by atoms with Gasteiger partial charge in [0.1, 0.15) is 5.75 Å². The highest BCUT2D eigenvalue weighted by atomic mass is 127. The number of hydrogen-bond acceptors (Lipinski definition) is 6. The number of benzene rings is 2. The minimum absolute atomic E-state index is 0.0228. The molecule has 3 rings (SSSR count). The molecule has 2 amide bonds. The molecule has 1 saturated heterocycles. The molecule has 152 valence electrons. The van der Waals surface area contributed by atoms with Crippen molar-refractivity contribution in [2.45, 2.75) is 6.54 Å². The number of halogens is 2. The molecule has 1 aliphatic heterocycles. The Morgan fingerprint density at radius 3 is 2.73 bits per heavy atom. The van der Waals surface area contributed by atoms with Gasteiger partial charge in [0.2, 0.25) is 0 Å². The predicted molar refractivity (Wildman–Crippen MR) is 123 cm³/mol. The van der Waals surface area contributed by atoms with Crippen LogP contribution in [0.4, 0.5) is 4.79 Å². The topological polar surface area (TPSA) is 108 Å². The maximum atomic E-state index is 12.8. The van der Waals surface area contributed by atoms with E-state index in [1.54, 1.807) is 42.5 Å². The van der Waals surface area contributed by atoms with Gasteiger partial charge in [-0.3, -0.25) is 14.5 Å². The van der Waals surface area contributed by atoms with E-state index < -0.39 is 23.7 Å². The molecule has 10 heteroatoms. The van der Waals surface area contributed by atoms with Gasteiger partial charge in [-0.15, -0.1) is 0 Å². The van der Waals surface area contributed by atoms with Crippen molar-refractivity contribution in [2.24, 2.45) is 0 Å². The van der Waals surface area contributed by atoms with Gasteiger partial charge in [0.05, 0.1) is 31.1 Å². The third-order valence-corrected chi connectivity index (χ3v) is 6.30. The van der Waals surface area contributed by atoms with Gasteiger partial charge >= 0.3 is 5.97 Å². The normalized spacial score (nSPS) is 14.8. The van der Waals surface area contributed by atoms with Crippen molar-refractivity contribution in [3.05, 3.63) is 66.0 Å². The standard InChI is InChI=1S/C20H12BrIN2O5S/c21-14-5-11(6-15(22)18(14)29-10-17(25)26)7-16-19(27)24(20(28)30-16)9-13-4-2-1-3-12(13)8-23/h1-7H,9-10H2,(H,25,26)/b16-7+. The number of amides is 2. The van der Waals surface area contributed by atoms with Crippen LogP contribution in [0.25, 0.3) is 6.08 Å². The number of carbonyl (C=O) groups excluding carboxylic acids is 2. The number of nitrogens with zero attached hydrogens (tertiary/aromatic N) is 2. The third-order valence-electron chi connectivity index (χ3n) is 4.00. The molecule has 2 aromatic rings. The zero-order chi connectivity index (χ0) is 21.8. The van der Waals surface area contributed by atoms with Gasteiger partial charge in [0, 0.05) is 0 Å². The molecular weight excluding hydrogens is 587 g/mol. The van der Waals surface area contributed by atoms with Crippen LogP contribution in [0.5, 0.6) is 5.75 Å². The number of carboxylic acid groups (broad SMARTS) is 1. The zero-order valence-corrected chi connectivity index (χ0v) is 19.7. The highest BCUT2D eigenvalue weighted by Gasteiger charge is 2.35. The molecule has 0 radical (unpaired) electrons. The highest BCUT2D eigenvalue weighted by molar-refractivity contribution is 14.1. The lowest BCUT2D eigenvalue weighted by Crippen LogP contribution is -2.27. The number of aliphatic carboxylic acids is 1. The first-order chi connectivity index (χ1) is 14.3. The number of carbonyl (C=O) groups is 3. The quantitative estimate of drug-likeness (QED) is 0.382. The molecule has 1 aliphatic rings. The van der Waals surface area contributed by atoms with E-state index in [-0.39, 0.29) is 11.4 Å². The molecule has 0 unspecified atom stereocenters. The minimum Gasteiger partial charge on any atom is -0.480 e.